The molecule has 1 unspecified atom stereocenters. The van der Waals surface area contributed by atoms with E-state index < -0.39 is 22.5 Å². The second kappa shape index (κ2) is 5.05. The predicted molar refractivity (Wildman–Crippen MR) is 68.3 cm³/mol. The molecule has 1 aromatic heterocycles. The lowest BCUT2D eigenvalue weighted by Gasteiger charge is -2.09. The molecule has 1 atom stereocenters. The fraction of sp³-hybridized carbons (Fsp3) is 0.182. The zero-order valence-electron chi connectivity index (χ0n) is 10.1. The van der Waals surface area contributed by atoms with E-state index in [1.54, 1.807) is 0 Å². The molecule has 2 rings (SSSR count). The Kier molecular flexibility index (Phi) is 3.44. The average Bonchev–Trinajstić information content (AvgIpc) is 2.41. The Labute approximate surface area is 111 Å². The Morgan fingerprint density at radius 3 is 2.85 bits per heavy atom. The zero-order chi connectivity index (χ0) is 14.9. The number of non-ortho nitro benzene ring substituents is 1. The van der Waals surface area contributed by atoms with Gasteiger partial charge in [-0.1, -0.05) is 0 Å². The lowest BCUT2D eigenvalue weighted by molar-refractivity contribution is -0.384. The number of carboxylic acid groups (broad SMARTS) is 1. The minimum absolute atomic E-state index is 0.0410. The number of aliphatic carboxylic acids is 1. The van der Waals surface area contributed by atoms with E-state index in [1.807, 2.05) is 0 Å². The van der Waals surface area contributed by atoms with Crippen molar-refractivity contribution in [1.29, 1.82) is 0 Å². The number of nitro groups is 1. The van der Waals surface area contributed by atoms with E-state index in [0.717, 1.165) is 10.6 Å². The highest BCUT2D eigenvalue weighted by Crippen LogP contribution is 2.16. The quantitative estimate of drug-likeness (QED) is 0.578. The van der Waals surface area contributed by atoms with Crippen LogP contribution in [-0.4, -0.2) is 31.6 Å². The number of rotatable bonds is 4. The normalized spacial score (nSPS) is 12.2. The minimum Gasteiger partial charge on any atom is -0.480 e. The molecule has 0 saturated heterocycles. The van der Waals surface area contributed by atoms with Gasteiger partial charge in [0.25, 0.3) is 11.2 Å². The largest absolute Gasteiger partial charge is 0.480 e. The summed E-state index contributed by atoms with van der Waals surface area (Å²) in [6.07, 6.45) is 1.17. The smallest absolute Gasteiger partial charge is 0.322 e. The number of hydrogen-bond donors (Lipinski definition) is 2. The summed E-state index contributed by atoms with van der Waals surface area (Å²) in [6, 6.07) is 2.44. The number of nitrogens with two attached hydrogens (primary N) is 1. The number of carbonyl (C=O) groups is 1. The third kappa shape index (κ3) is 2.47. The summed E-state index contributed by atoms with van der Waals surface area (Å²) in [4.78, 5) is 36.8. The molecule has 0 bridgehead atoms. The molecule has 9 nitrogen and oxygen atoms in total. The van der Waals surface area contributed by atoms with Crippen molar-refractivity contribution in [2.45, 2.75) is 12.6 Å². The Morgan fingerprint density at radius 1 is 1.55 bits per heavy atom. The van der Waals surface area contributed by atoms with Crippen molar-refractivity contribution < 1.29 is 14.8 Å². The van der Waals surface area contributed by atoms with Crippen LogP contribution >= 0.6 is 0 Å². The molecule has 0 spiro atoms. The Hall–Kier alpha value is -2.81. The van der Waals surface area contributed by atoms with Crippen LogP contribution < -0.4 is 11.3 Å². The van der Waals surface area contributed by atoms with Crippen LogP contribution in [0.5, 0.6) is 0 Å². The third-order valence-corrected chi connectivity index (χ3v) is 2.73. The van der Waals surface area contributed by atoms with Crippen LogP contribution in [0.15, 0.2) is 29.3 Å². The van der Waals surface area contributed by atoms with E-state index in [-0.39, 0.29) is 17.6 Å². The van der Waals surface area contributed by atoms with Crippen molar-refractivity contribution >= 4 is 22.6 Å². The average molecular weight is 278 g/mol. The van der Waals surface area contributed by atoms with Crippen LogP contribution in [0.1, 0.15) is 0 Å². The Morgan fingerprint density at radius 2 is 2.25 bits per heavy atom. The van der Waals surface area contributed by atoms with Crippen molar-refractivity contribution in [3.05, 3.63) is 45.0 Å². The summed E-state index contributed by atoms with van der Waals surface area (Å²) in [5, 5.41) is 19.4. The van der Waals surface area contributed by atoms with Gasteiger partial charge >= 0.3 is 5.97 Å². The molecule has 1 heterocycles. The fourth-order valence-electron chi connectivity index (χ4n) is 1.68. The second-order valence-electron chi connectivity index (χ2n) is 4.11. The first kappa shape index (κ1) is 13.6. The third-order valence-electron chi connectivity index (χ3n) is 2.73. The molecular formula is C11H10N4O5. The number of nitrogens with zero attached hydrogens (tertiary/aromatic N) is 3. The second-order valence-corrected chi connectivity index (χ2v) is 4.11. The topological polar surface area (TPSA) is 141 Å². The van der Waals surface area contributed by atoms with Gasteiger partial charge in [-0.15, -0.1) is 0 Å². The molecule has 20 heavy (non-hydrogen) atoms. The molecule has 1 aromatic carbocycles. The minimum atomic E-state index is -1.26. The molecule has 0 saturated carbocycles. The number of hydrogen-bond acceptors (Lipinski definition) is 6. The van der Waals surface area contributed by atoms with Gasteiger partial charge in [0.15, 0.2) is 0 Å². The van der Waals surface area contributed by atoms with Gasteiger partial charge in [-0.25, -0.2) is 4.98 Å². The molecule has 0 amide bonds. The van der Waals surface area contributed by atoms with Gasteiger partial charge in [0.05, 0.1) is 28.7 Å². The summed E-state index contributed by atoms with van der Waals surface area (Å²) in [7, 11) is 0. The summed E-state index contributed by atoms with van der Waals surface area (Å²) in [5.41, 5.74) is 4.82. The standard InChI is InChI=1S/C11H10N4O5/c12-8(11(17)18)4-14-5-13-9-2-1-6(15(19)20)3-7(9)10(14)16/h1-3,5,8H,4,12H2,(H,17,18). The maximum absolute atomic E-state index is 12.1. The summed E-state index contributed by atoms with van der Waals surface area (Å²) in [6.45, 7) is -0.264. The fourth-order valence-corrected chi connectivity index (χ4v) is 1.68. The number of nitro benzene ring substituents is 1. The number of aromatic nitrogens is 2. The first-order valence-corrected chi connectivity index (χ1v) is 5.52. The highest BCUT2D eigenvalue weighted by atomic mass is 16.6. The molecule has 0 aliphatic carbocycles. The van der Waals surface area contributed by atoms with E-state index >= 15 is 0 Å². The van der Waals surface area contributed by atoms with Crippen molar-refractivity contribution in [3.8, 4) is 0 Å². The lowest BCUT2D eigenvalue weighted by Crippen LogP contribution is -2.38. The lowest BCUT2D eigenvalue weighted by atomic mass is 10.2. The van der Waals surface area contributed by atoms with Gasteiger partial charge in [-0.3, -0.25) is 24.3 Å². The molecule has 0 aliphatic heterocycles. The van der Waals surface area contributed by atoms with E-state index in [4.69, 9.17) is 10.8 Å². The first-order valence-electron chi connectivity index (χ1n) is 5.52. The monoisotopic (exact) mass is 278 g/mol. The molecule has 3 N–H and O–H groups in total. The summed E-state index contributed by atoms with van der Waals surface area (Å²) in [5.74, 6) is -1.25. The summed E-state index contributed by atoms with van der Waals surface area (Å²) >= 11 is 0. The molecule has 0 fully saturated rings. The van der Waals surface area contributed by atoms with Gasteiger partial charge < -0.3 is 10.8 Å². The molecule has 9 heteroatoms. The van der Waals surface area contributed by atoms with Crippen molar-refractivity contribution in [3.63, 3.8) is 0 Å². The van der Waals surface area contributed by atoms with E-state index in [2.05, 4.69) is 4.98 Å². The number of benzene rings is 1. The van der Waals surface area contributed by atoms with Gasteiger partial charge in [0.2, 0.25) is 0 Å². The van der Waals surface area contributed by atoms with E-state index in [1.165, 1.54) is 18.5 Å². The van der Waals surface area contributed by atoms with Crippen molar-refractivity contribution in [2.24, 2.45) is 5.73 Å². The van der Waals surface area contributed by atoms with Crippen molar-refractivity contribution in [2.75, 3.05) is 0 Å². The molecule has 0 aliphatic rings. The maximum atomic E-state index is 12.1. The van der Waals surface area contributed by atoms with Crippen LogP contribution in [0.25, 0.3) is 10.9 Å². The van der Waals surface area contributed by atoms with Crippen LogP contribution in [0.3, 0.4) is 0 Å². The highest BCUT2D eigenvalue weighted by Gasteiger charge is 2.15. The van der Waals surface area contributed by atoms with Gasteiger partial charge in [-0.05, 0) is 6.07 Å². The molecular weight excluding hydrogens is 268 g/mol. The van der Waals surface area contributed by atoms with Crippen LogP contribution in [0.2, 0.25) is 0 Å². The van der Waals surface area contributed by atoms with E-state index in [0.29, 0.717) is 5.52 Å². The highest BCUT2D eigenvalue weighted by molar-refractivity contribution is 5.80. The van der Waals surface area contributed by atoms with Gasteiger partial charge in [0.1, 0.15) is 6.04 Å². The molecule has 104 valence electrons. The molecule has 0 radical (unpaired) electrons. The van der Waals surface area contributed by atoms with Crippen LogP contribution in [0.4, 0.5) is 5.69 Å². The Balaban J connectivity index is 2.54. The van der Waals surface area contributed by atoms with Crippen LogP contribution in [-0.2, 0) is 11.3 Å². The Bertz CT molecular complexity index is 754. The first-order chi connectivity index (χ1) is 9.40. The van der Waals surface area contributed by atoms with Gasteiger partial charge in [0, 0.05) is 12.1 Å². The maximum Gasteiger partial charge on any atom is 0.322 e. The van der Waals surface area contributed by atoms with Crippen molar-refractivity contribution in [1.82, 2.24) is 9.55 Å². The van der Waals surface area contributed by atoms with Crippen LogP contribution in [0, 0.1) is 10.1 Å². The zero-order valence-corrected chi connectivity index (χ0v) is 10.1. The SMILES string of the molecule is NC(Cn1cnc2ccc([N+](=O)[O-])cc2c1=O)C(=O)O. The number of carboxylic acids is 1. The van der Waals surface area contributed by atoms with E-state index in [9.17, 15) is 19.7 Å². The number of fused-ring (bicyclic) bond motifs is 1. The molecule has 2 aromatic rings. The van der Waals surface area contributed by atoms with Gasteiger partial charge in [-0.2, -0.15) is 0 Å². The summed E-state index contributed by atoms with van der Waals surface area (Å²) < 4.78 is 1.02. The predicted octanol–water partition coefficient (Wildman–Crippen LogP) is -0.283.